The van der Waals surface area contributed by atoms with Crippen LogP contribution in [-0.4, -0.2) is 5.91 Å². The lowest BCUT2D eigenvalue weighted by Crippen LogP contribution is -2.15. The Labute approximate surface area is 124 Å². The standard InChI is InChI=1S/C14H13BrFN3O/c1-8-7-9(19-17)5-6-10(8)14(20)18-13-11(15)3-2-4-12(13)16/h2-7,19H,17H2,1H3,(H,18,20). The number of nitrogens with one attached hydrogen (secondary N) is 2. The molecule has 4 nitrogen and oxygen atoms in total. The Morgan fingerprint density at radius 1 is 1.30 bits per heavy atom. The normalized spacial score (nSPS) is 10.2. The van der Waals surface area contributed by atoms with Gasteiger partial charge in [-0.3, -0.25) is 10.6 Å². The molecule has 0 aliphatic rings. The maximum absolute atomic E-state index is 13.7. The molecule has 0 bridgehead atoms. The van der Waals surface area contributed by atoms with Crippen molar-refractivity contribution in [3.8, 4) is 0 Å². The molecule has 2 aromatic carbocycles. The van der Waals surface area contributed by atoms with Gasteiger partial charge in [-0.25, -0.2) is 4.39 Å². The minimum absolute atomic E-state index is 0.123. The average molecular weight is 338 g/mol. The van der Waals surface area contributed by atoms with Crippen LogP contribution in [0.3, 0.4) is 0 Å². The molecule has 20 heavy (non-hydrogen) atoms. The molecule has 0 saturated heterocycles. The number of carbonyl (C=O) groups is 1. The second kappa shape index (κ2) is 6.02. The fourth-order valence-corrected chi connectivity index (χ4v) is 2.25. The van der Waals surface area contributed by atoms with Crippen LogP contribution in [0.25, 0.3) is 0 Å². The molecule has 1 amide bonds. The first-order valence-corrected chi connectivity index (χ1v) is 6.65. The van der Waals surface area contributed by atoms with E-state index in [1.807, 2.05) is 0 Å². The molecule has 2 aromatic rings. The van der Waals surface area contributed by atoms with Gasteiger partial charge in [0.05, 0.1) is 5.69 Å². The predicted molar refractivity (Wildman–Crippen MR) is 81.0 cm³/mol. The molecule has 6 heteroatoms. The summed E-state index contributed by atoms with van der Waals surface area (Å²) in [5.41, 5.74) is 4.52. The summed E-state index contributed by atoms with van der Waals surface area (Å²) in [5, 5.41) is 2.56. The van der Waals surface area contributed by atoms with Crippen LogP contribution in [0.4, 0.5) is 15.8 Å². The van der Waals surface area contributed by atoms with Crippen molar-refractivity contribution in [1.82, 2.24) is 0 Å². The van der Waals surface area contributed by atoms with Crippen LogP contribution in [0.2, 0.25) is 0 Å². The van der Waals surface area contributed by atoms with Crippen LogP contribution in [0.15, 0.2) is 40.9 Å². The van der Waals surface area contributed by atoms with Gasteiger partial charge in [-0.15, -0.1) is 0 Å². The van der Waals surface area contributed by atoms with Crippen LogP contribution >= 0.6 is 15.9 Å². The van der Waals surface area contributed by atoms with Gasteiger partial charge < -0.3 is 10.7 Å². The van der Waals surface area contributed by atoms with Crippen LogP contribution in [-0.2, 0) is 0 Å². The van der Waals surface area contributed by atoms with Crippen molar-refractivity contribution in [3.63, 3.8) is 0 Å². The third-order valence-electron chi connectivity index (χ3n) is 2.84. The molecule has 4 N–H and O–H groups in total. The Morgan fingerprint density at radius 3 is 2.65 bits per heavy atom. The first-order valence-electron chi connectivity index (χ1n) is 5.85. The highest BCUT2D eigenvalue weighted by molar-refractivity contribution is 9.10. The van der Waals surface area contributed by atoms with Crippen molar-refractivity contribution in [2.75, 3.05) is 10.7 Å². The zero-order valence-electron chi connectivity index (χ0n) is 10.7. The monoisotopic (exact) mass is 337 g/mol. The van der Waals surface area contributed by atoms with E-state index in [0.29, 0.717) is 15.7 Å². The topological polar surface area (TPSA) is 67.1 Å². The SMILES string of the molecule is Cc1cc(NN)ccc1C(=O)Nc1c(F)cccc1Br. The van der Waals surface area contributed by atoms with Crippen molar-refractivity contribution >= 4 is 33.2 Å². The number of amides is 1. The number of aryl methyl sites for hydroxylation is 1. The smallest absolute Gasteiger partial charge is 0.256 e. The second-order valence-corrected chi connectivity index (χ2v) is 5.08. The van der Waals surface area contributed by atoms with Crippen LogP contribution in [0.1, 0.15) is 15.9 Å². The lowest BCUT2D eigenvalue weighted by Gasteiger charge is -2.11. The van der Waals surface area contributed by atoms with Gasteiger partial charge in [0.2, 0.25) is 0 Å². The van der Waals surface area contributed by atoms with Crippen molar-refractivity contribution in [2.24, 2.45) is 5.84 Å². The molecule has 0 fully saturated rings. The molecule has 0 aliphatic heterocycles. The third-order valence-corrected chi connectivity index (χ3v) is 3.50. The Balaban J connectivity index is 2.29. The van der Waals surface area contributed by atoms with Gasteiger partial charge in [-0.1, -0.05) is 6.07 Å². The number of hydrogen-bond acceptors (Lipinski definition) is 3. The molecule has 0 spiro atoms. The Kier molecular flexibility index (Phi) is 4.36. The highest BCUT2D eigenvalue weighted by Crippen LogP contribution is 2.26. The molecule has 0 atom stereocenters. The molecule has 0 radical (unpaired) electrons. The third kappa shape index (κ3) is 2.97. The fraction of sp³-hybridized carbons (Fsp3) is 0.0714. The van der Waals surface area contributed by atoms with Gasteiger partial charge >= 0.3 is 0 Å². The van der Waals surface area contributed by atoms with E-state index in [1.54, 1.807) is 37.3 Å². The average Bonchev–Trinajstić information content (AvgIpc) is 2.42. The van der Waals surface area contributed by atoms with Crippen molar-refractivity contribution in [3.05, 3.63) is 57.8 Å². The first kappa shape index (κ1) is 14.5. The van der Waals surface area contributed by atoms with Crippen LogP contribution in [0.5, 0.6) is 0 Å². The molecule has 2 rings (SSSR count). The highest BCUT2D eigenvalue weighted by Gasteiger charge is 2.14. The molecule has 0 unspecified atom stereocenters. The minimum Gasteiger partial charge on any atom is -0.324 e. The number of rotatable bonds is 3. The number of halogens is 2. The minimum atomic E-state index is -0.495. The molecule has 0 aliphatic carbocycles. The van der Waals surface area contributed by atoms with Crippen molar-refractivity contribution in [1.29, 1.82) is 0 Å². The molecule has 0 heterocycles. The molecular formula is C14H13BrFN3O. The van der Waals surface area contributed by atoms with E-state index in [2.05, 4.69) is 26.7 Å². The first-order chi connectivity index (χ1) is 9.52. The van der Waals surface area contributed by atoms with E-state index in [9.17, 15) is 9.18 Å². The summed E-state index contributed by atoms with van der Waals surface area (Å²) in [7, 11) is 0. The highest BCUT2D eigenvalue weighted by atomic mass is 79.9. The summed E-state index contributed by atoms with van der Waals surface area (Å²) in [6.45, 7) is 1.78. The van der Waals surface area contributed by atoms with E-state index >= 15 is 0 Å². The van der Waals surface area contributed by atoms with E-state index in [-0.39, 0.29) is 11.6 Å². The van der Waals surface area contributed by atoms with Crippen molar-refractivity contribution < 1.29 is 9.18 Å². The largest absolute Gasteiger partial charge is 0.324 e. The second-order valence-electron chi connectivity index (χ2n) is 4.22. The summed E-state index contributed by atoms with van der Waals surface area (Å²) in [6.07, 6.45) is 0. The lowest BCUT2D eigenvalue weighted by atomic mass is 10.1. The molecule has 104 valence electrons. The van der Waals surface area contributed by atoms with E-state index < -0.39 is 5.82 Å². The number of nitrogens with two attached hydrogens (primary N) is 1. The van der Waals surface area contributed by atoms with E-state index in [0.717, 1.165) is 5.56 Å². The van der Waals surface area contributed by atoms with Gasteiger partial charge in [-0.05, 0) is 58.7 Å². The van der Waals surface area contributed by atoms with Gasteiger partial charge in [0.1, 0.15) is 5.82 Å². The van der Waals surface area contributed by atoms with Gasteiger partial charge in [0, 0.05) is 15.7 Å². The number of anilines is 2. The van der Waals surface area contributed by atoms with Crippen LogP contribution < -0.4 is 16.6 Å². The summed E-state index contributed by atoms with van der Waals surface area (Å²) >= 11 is 3.21. The summed E-state index contributed by atoms with van der Waals surface area (Å²) in [4.78, 5) is 12.2. The quantitative estimate of drug-likeness (QED) is 0.593. The summed E-state index contributed by atoms with van der Waals surface area (Å²) in [5.74, 6) is 4.43. The molecule has 0 saturated carbocycles. The maximum Gasteiger partial charge on any atom is 0.256 e. The molecule has 0 aromatic heterocycles. The van der Waals surface area contributed by atoms with Crippen molar-refractivity contribution in [2.45, 2.75) is 6.92 Å². The number of benzene rings is 2. The van der Waals surface area contributed by atoms with Gasteiger partial charge in [0.15, 0.2) is 0 Å². The zero-order valence-corrected chi connectivity index (χ0v) is 12.3. The van der Waals surface area contributed by atoms with Gasteiger partial charge in [-0.2, -0.15) is 0 Å². The number of nitrogen functional groups attached to an aromatic ring is 1. The Hall–Kier alpha value is -1.92. The summed E-state index contributed by atoms with van der Waals surface area (Å²) < 4.78 is 14.2. The fourth-order valence-electron chi connectivity index (χ4n) is 1.81. The Morgan fingerprint density at radius 2 is 2.05 bits per heavy atom. The Bertz CT molecular complexity index is 641. The summed E-state index contributed by atoms with van der Waals surface area (Å²) in [6, 6.07) is 9.56. The van der Waals surface area contributed by atoms with Gasteiger partial charge in [0.25, 0.3) is 5.91 Å². The predicted octanol–water partition coefficient (Wildman–Crippen LogP) is 3.43. The van der Waals surface area contributed by atoms with E-state index in [1.165, 1.54) is 6.07 Å². The number of para-hydroxylation sites is 1. The number of hydrazine groups is 1. The van der Waals surface area contributed by atoms with E-state index in [4.69, 9.17) is 5.84 Å². The van der Waals surface area contributed by atoms with Crippen LogP contribution in [0, 0.1) is 12.7 Å². The molecular weight excluding hydrogens is 325 g/mol. The number of carbonyl (C=O) groups excluding carboxylic acids is 1. The number of hydrogen-bond donors (Lipinski definition) is 3. The zero-order chi connectivity index (χ0) is 14.7. The lowest BCUT2D eigenvalue weighted by molar-refractivity contribution is 0.102. The maximum atomic E-state index is 13.7.